The smallest absolute Gasteiger partial charge is 0.137 e. The van der Waals surface area contributed by atoms with E-state index in [1.165, 1.54) is 12.8 Å². The lowest BCUT2D eigenvalue weighted by Crippen LogP contribution is -2.26. The maximum absolute atomic E-state index is 11.5. The van der Waals surface area contributed by atoms with Crippen LogP contribution < -0.4 is 0 Å². The quantitative estimate of drug-likeness (QED) is 0.586. The first-order valence-electron chi connectivity index (χ1n) is 4.87. The fourth-order valence-electron chi connectivity index (χ4n) is 1.87. The molecule has 70 valence electrons. The monoisotopic (exact) mass is 169 g/mol. The van der Waals surface area contributed by atoms with Crippen molar-refractivity contribution in [2.24, 2.45) is 5.92 Å². The fourth-order valence-corrected chi connectivity index (χ4v) is 1.87. The molecule has 0 spiro atoms. The Morgan fingerprint density at radius 1 is 1.33 bits per heavy atom. The standard InChI is InChI=1S/C10H19NO/c1-11(2)8-9-6-4-3-5-7-10(9)12/h9H,3-8H2,1-2H3/t9-/m1/s1. The molecular weight excluding hydrogens is 150 g/mol. The average molecular weight is 169 g/mol. The molecule has 2 heteroatoms. The molecular formula is C10H19NO. The summed E-state index contributed by atoms with van der Waals surface area (Å²) in [5.74, 6) is 0.809. The summed E-state index contributed by atoms with van der Waals surface area (Å²) in [5, 5.41) is 0. The van der Waals surface area contributed by atoms with E-state index in [4.69, 9.17) is 0 Å². The topological polar surface area (TPSA) is 20.3 Å². The van der Waals surface area contributed by atoms with Crippen LogP contribution in [0.1, 0.15) is 32.1 Å². The van der Waals surface area contributed by atoms with Gasteiger partial charge in [0.15, 0.2) is 0 Å². The molecule has 1 aliphatic rings. The predicted octanol–water partition coefficient (Wildman–Crippen LogP) is 1.70. The van der Waals surface area contributed by atoms with Crippen molar-refractivity contribution in [3.8, 4) is 0 Å². The van der Waals surface area contributed by atoms with E-state index in [1.54, 1.807) is 0 Å². The van der Waals surface area contributed by atoms with Crippen molar-refractivity contribution in [1.29, 1.82) is 0 Å². The van der Waals surface area contributed by atoms with Crippen LogP contribution in [0.2, 0.25) is 0 Å². The van der Waals surface area contributed by atoms with Crippen LogP contribution in [-0.4, -0.2) is 31.3 Å². The molecule has 0 bridgehead atoms. The van der Waals surface area contributed by atoms with Crippen molar-refractivity contribution in [3.63, 3.8) is 0 Å². The van der Waals surface area contributed by atoms with Crippen LogP contribution in [0.3, 0.4) is 0 Å². The third-order valence-corrected chi connectivity index (χ3v) is 2.52. The highest BCUT2D eigenvalue weighted by Crippen LogP contribution is 2.20. The summed E-state index contributed by atoms with van der Waals surface area (Å²) < 4.78 is 0. The first kappa shape index (κ1) is 9.72. The van der Waals surface area contributed by atoms with Crippen LogP contribution in [0.5, 0.6) is 0 Å². The summed E-state index contributed by atoms with van der Waals surface area (Å²) in [6, 6.07) is 0. The van der Waals surface area contributed by atoms with Crippen LogP contribution >= 0.6 is 0 Å². The summed E-state index contributed by atoms with van der Waals surface area (Å²) >= 11 is 0. The third kappa shape index (κ3) is 2.94. The average Bonchev–Trinajstić information content (AvgIpc) is 2.16. The highest BCUT2D eigenvalue weighted by atomic mass is 16.1. The maximum Gasteiger partial charge on any atom is 0.137 e. The van der Waals surface area contributed by atoms with Crippen molar-refractivity contribution in [2.45, 2.75) is 32.1 Å². The zero-order valence-corrected chi connectivity index (χ0v) is 8.18. The van der Waals surface area contributed by atoms with Gasteiger partial charge in [0.2, 0.25) is 0 Å². The zero-order chi connectivity index (χ0) is 8.97. The minimum Gasteiger partial charge on any atom is -0.309 e. The predicted molar refractivity (Wildman–Crippen MR) is 50.1 cm³/mol. The SMILES string of the molecule is CN(C)C[C@H]1CCCCCC1=O. The Bertz CT molecular complexity index is 154. The summed E-state index contributed by atoms with van der Waals surface area (Å²) in [4.78, 5) is 13.6. The second-order valence-electron chi connectivity index (χ2n) is 4.02. The lowest BCUT2D eigenvalue weighted by molar-refractivity contribution is -0.123. The van der Waals surface area contributed by atoms with E-state index in [2.05, 4.69) is 4.90 Å². The Labute approximate surface area is 74.9 Å². The van der Waals surface area contributed by atoms with E-state index in [0.717, 1.165) is 25.8 Å². The number of hydrogen-bond donors (Lipinski definition) is 0. The Kier molecular flexibility index (Phi) is 3.73. The highest BCUT2D eigenvalue weighted by Gasteiger charge is 2.20. The molecule has 0 aliphatic heterocycles. The largest absolute Gasteiger partial charge is 0.309 e. The first-order valence-corrected chi connectivity index (χ1v) is 4.87. The van der Waals surface area contributed by atoms with Gasteiger partial charge in [0.25, 0.3) is 0 Å². The van der Waals surface area contributed by atoms with E-state index < -0.39 is 0 Å². The van der Waals surface area contributed by atoms with E-state index in [0.29, 0.717) is 11.7 Å². The molecule has 0 aromatic carbocycles. The molecule has 0 N–H and O–H groups in total. The molecule has 1 aliphatic carbocycles. The van der Waals surface area contributed by atoms with Gasteiger partial charge in [-0.05, 0) is 26.9 Å². The minimum atomic E-state index is 0.322. The summed E-state index contributed by atoms with van der Waals surface area (Å²) in [6.45, 7) is 0.943. The van der Waals surface area contributed by atoms with E-state index in [9.17, 15) is 4.79 Å². The molecule has 0 heterocycles. The number of nitrogens with zero attached hydrogens (tertiary/aromatic N) is 1. The van der Waals surface area contributed by atoms with Crippen LogP contribution in [0.15, 0.2) is 0 Å². The normalized spacial score (nSPS) is 25.9. The van der Waals surface area contributed by atoms with Crippen molar-refractivity contribution in [2.75, 3.05) is 20.6 Å². The van der Waals surface area contributed by atoms with E-state index >= 15 is 0 Å². The lowest BCUT2D eigenvalue weighted by Gasteiger charge is -2.17. The first-order chi connectivity index (χ1) is 5.70. The van der Waals surface area contributed by atoms with E-state index in [-0.39, 0.29) is 0 Å². The molecule has 0 unspecified atom stereocenters. The van der Waals surface area contributed by atoms with Gasteiger partial charge < -0.3 is 4.90 Å². The Hall–Kier alpha value is -0.370. The molecule has 0 radical (unpaired) electrons. The van der Waals surface area contributed by atoms with Crippen molar-refractivity contribution < 1.29 is 4.79 Å². The van der Waals surface area contributed by atoms with Gasteiger partial charge in [-0.25, -0.2) is 0 Å². The maximum atomic E-state index is 11.5. The second kappa shape index (κ2) is 4.61. The lowest BCUT2D eigenvalue weighted by atomic mass is 9.99. The molecule has 0 amide bonds. The Morgan fingerprint density at radius 2 is 2.08 bits per heavy atom. The molecule has 0 saturated heterocycles. The van der Waals surface area contributed by atoms with Gasteiger partial charge in [-0.3, -0.25) is 4.79 Å². The summed E-state index contributed by atoms with van der Waals surface area (Å²) in [5.41, 5.74) is 0. The molecule has 2 nitrogen and oxygen atoms in total. The molecule has 0 aromatic rings. The van der Waals surface area contributed by atoms with Gasteiger partial charge in [-0.15, -0.1) is 0 Å². The fraction of sp³-hybridized carbons (Fsp3) is 0.900. The van der Waals surface area contributed by atoms with Crippen molar-refractivity contribution >= 4 is 5.78 Å². The van der Waals surface area contributed by atoms with Crippen LogP contribution in [0.4, 0.5) is 0 Å². The highest BCUT2D eigenvalue weighted by molar-refractivity contribution is 5.81. The number of carbonyl (C=O) groups excluding carboxylic acids is 1. The van der Waals surface area contributed by atoms with Gasteiger partial charge >= 0.3 is 0 Å². The van der Waals surface area contributed by atoms with Crippen LogP contribution in [0, 0.1) is 5.92 Å². The van der Waals surface area contributed by atoms with Gasteiger partial charge in [-0.1, -0.05) is 12.8 Å². The number of rotatable bonds is 2. The number of carbonyl (C=O) groups is 1. The molecule has 1 atom stereocenters. The van der Waals surface area contributed by atoms with Gasteiger partial charge in [0, 0.05) is 18.9 Å². The third-order valence-electron chi connectivity index (χ3n) is 2.52. The molecule has 1 fully saturated rings. The Balaban J connectivity index is 2.42. The number of ketones is 1. The van der Waals surface area contributed by atoms with Gasteiger partial charge in [0.05, 0.1) is 0 Å². The molecule has 1 saturated carbocycles. The molecule has 12 heavy (non-hydrogen) atoms. The summed E-state index contributed by atoms with van der Waals surface area (Å²) in [7, 11) is 4.08. The number of hydrogen-bond acceptors (Lipinski definition) is 2. The van der Waals surface area contributed by atoms with Crippen LogP contribution in [-0.2, 0) is 4.79 Å². The summed E-state index contributed by atoms with van der Waals surface area (Å²) in [6.07, 6.45) is 5.53. The zero-order valence-electron chi connectivity index (χ0n) is 8.18. The minimum absolute atomic E-state index is 0.322. The second-order valence-corrected chi connectivity index (χ2v) is 4.02. The molecule has 0 aromatic heterocycles. The molecule has 1 rings (SSSR count). The van der Waals surface area contributed by atoms with Crippen molar-refractivity contribution in [3.05, 3.63) is 0 Å². The van der Waals surface area contributed by atoms with Crippen molar-refractivity contribution in [1.82, 2.24) is 4.90 Å². The van der Waals surface area contributed by atoms with E-state index in [1.807, 2.05) is 14.1 Å². The number of Topliss-reactive ketones (excluding diaryl/α,β-unsaturated/α-hetero) is 1. The Morgan fingerprint density at radius 3 is 2.75 bits per heavy atom. The van der Waals surface area contributed by atoms with Gasteiger partial charge in [-0.2, -0.15) is 0 Å². The van der Waals surface area contributed by atoms with Gasteiger partial charge in [0.1, 0.15) is 5.78 Å². The van der Waals surface area contributed by atoms with Crippen LogP contribution in [0.25, 0.3) is 0 Å².